The quantitative estimate of drug-likeness (QED) is 0.718. The van der Waals surface area contributed by atoms with Gasteiger partial charge in [-0.1, -0.05) is 30.3 Å². The zero-order chi connectivity index (χ0) is 11.0. The van der Waals surface area contributed by atoms with E-state index in [4.69, 9.17) is 9.47 Å². The lowest BCUT2D eigenvalue weighted by Crippen LogP contribution is -2.22. The number of carbonyl (C=O) groups is 1. The molecule has 0 N–H and O–H groups in total. The molecule has 0 aromatic heterocycles. The Balaban J connectivity index is 1.46. The maximum atomic E-state index is 11.1. The van der Waals surface area contributed by atoms with Crippen molar-refractivity contribution in [3.05, 3.63) is 35.9 Å². The van der Waals surface area contributed by atoms with Gasteiger partial charge in [0.15, 0.2) is 0 Å². The smallest absolute Gasteiger partial charge is 0.410 e. The van der Waals surface area contributed by atoms with Crippen molar-refractivity contribution in [2.75, 3.05) is 13.2 Å². The van der Waals surface area contributed by atoms with Crippen LogP contribution in [-0.2, 0) is 16.1 Å². The lowest BCUT2D eigenvalue weighted by molar-refractivity contribution is 0.0295. The summed E-state index contributed by atoms with van der Waals surface area (Å²) < 4.78 is 10.7. The van der Waals surface area contributed by atoms with Crippen LogP contribution in [0.1, 0.15) is 5.56 Å². The monoisotopic (exact) mass is 219 g/mol. The summed E-state index contributed by atoms with van der Waals surface area (Å²) in [5.41, 5.74) is 1.14. The van der Waals surface area contributed by atoms with Gasteiger partial charge in [-0.3, -0.25) is 4.90 Å². The first-order valence-electron chi connectivity index (χ1n) is 5.43. The fourth-order valence-corrected chi connectivity index (χ4v) is 1.97. The second-order valence-corrected chi connectivity index (χ2v) is 4.14. The molecule has 0 saturated carbocycles. The van der Waals surface area contributed by atoms with E-state index in [2.05, 4.69) is 0 Å². The highest BCUT2D eigenvalue weighted by atomic mass is 16.6. The molecule has 2 atom stereocenters. The summed E-state index contributed by atoms with van der Waals surface area (Å²) in [4.78, 5) is 12.8. The zero-order valence-corrected chi connectivity index (χ0v) is 8.83. The number of cyclic esters (lactones) is 1. The van der Waals surface area contributed by atoms with Crippen molar-refractivity contribution in [2.24, 2.45) is 0 Å². The van der Waals surface area contributed by atoms with Crippen molar-refractivity contribution in [1.29, 1.82) is 0 Å². The number of fused-ring (bicyclic) bond motifs is 1. The van der Waals surface area contributed by atoms with Crippen LogP contribution >= 0.6 is 0 Å². The summed E-state index contributed by atoms with van der Waals surface area (Å²) in [5, 5.41) is 0. The van der Waals surface area contributed by atoms with Gasteiger partial charge in [0.05, 0.1) is 19.3 Å². The molecule has 84 valence electrons. The molecule has 1 aromatic rings. The third-order valence-corrected chi connectivity index (χ3v) is 2.96. The van der Waals surface area contributed by atoms with Gasteiger partial charge >= 0.3 is 6.09 Å². The van der Waals surface area contributed by atoms with E-state index in [-0.39, 0.29) is 18.2 Å². The molecule has 1 aromatic carbocycles. The minimum Gasteiger partial charge on any atom is -0.441 e. The third-order valence-electron chi connectivity index (χ3n) is 2.96. The molecular weight excluding hydrogens is 206 g/mol. The first kappa shape index (κ1) is 9.66. The molecule has 2 aliphatic heterocycles. The maximum absolute atomic E-state index is 11.1. The number of rotatable bonds is 4. The third kappa shape index (κ3) is 1.76. The minimum absolute atomic E-state index is 0.0730. The van der Waals surface area contributed by atoms with Gasteiger partial charge in [0.2, 0.25) is 0 Å². The average Bonchev–Trinajstić information content (AvgIpc) is 3.03. The van der Waals surface area contributed by atoms with Gasteiger partial charge in [-0.25, -0.2) is 4.79 Å². The second kappa shape index (κ2) is 3.79. The predicted molar refractivity (Wildman–Crippen MR) is 56.9 cm³/mol. The number of carbonyl (C=O) groups excluding carboxylic acids is 1. The molecule has 2 aliphatic rings. The second-order valence-electron chi connectivity index (χ2n) is 4.14. The van der Waals surface area contributed by atoms with Crippen LogP contribution in [0.4, 0.5) is 4.79 Å². The Morgan fingerprint density at radius 3 is 2.81 bits per heavy atom. The van der Waals surface area contributed by atoms with Gasteiger partial charge in [0, 0.05) is 6.54 Å². The summed E-state index contributed by atoms with van der Waals surface area (Å²) in [6.07, 6.45) is -0.269. The molecule has 3 rings (SSSR count). The van der Waals surface area contributed by atoms with E-state index in [1.165, 1.54) is 0 Å². The first-order valence-corrected chi connectivity index (χ1v) is 5.43. The van der Waals surface area contributed by atoms with Crippen LogP contribution in [-0.4, -0.2) is 36.3 Å². The van der Waals surface area contributed by atoms with E-state index >= 15 is 0 Å². The van der Waals surface area contributed by atoms with Crippen molar-refractivity contribution in [2.45, 2.75) is 18.8 Å². The van der Waals surface area contributed by atoms with Gasteiger partial charge < -0.3 is 9.47 Å². The number of benzene rings is 1. The molecule has 16 heavy (non-hydrogen) atoms. The molecule has 4 heteroatoms. The van der Waals surface area contributed by atoms with Crippen molar-refractivity contribution in [3.8, 4) is 0 Å². The maximum Gasteiger partial charge on any atom is 0.410 e. The van der Waals surface area contributed by atoms with Crippen molar-refractivity contribution in [3.63, 3.8) is 0 Å². The van der Waals surface area contributed by atoms with E-state index < -0.39 is 0 Å². The summed E-state index contributed by atoms with van der Waals surface area (Å²) in [5.74, 6) is 0. The summed E-state index contributed by atoms with van der Waals surface area (Å²) in [6, 6.07) is 10.2. The van der Waals surface area contributed by atoms with E-state index in [0.717, 1.165) is 12.1 Å². The van der Waals surface area contributed by atoms with Gasteiger partial charge in [0.25, 0.3) is 0 Å². The number of amides is 1. The Kier molecular flexibility index (Phi) is 2.29. The normalized spacial score (nSPS) is 26.5. The summed E-state index contributed by atoms with van der Waals surface area (Å²) >= 11 is 0. The number of hydrogen-bond acceptors (Lipinski definition) is 3. The van der Waals surface area contributed by atoms with E-state index in [1.54, 1.807) is 4.90 Å². The van der Waals surface area contributed by atoms with Crippen LogP contribution in [0, 0.1) is 0 Å². The largest absolute Gasteiger partial charge is 0.441 e. The number of nitrogens with zero attached hydrogens (tertiary/aromatic N) is 1. The van der Waals surface area contributed by atoms with Crippen LogP contribution < -0.4 is 0 Å². The van der Waals surface area contributed by atoms with Gasteiger partial charge in [-0.2, -0.15) is 0 Å². The fourth-order valence-electron chi connectivity index (χ4n) is 1.97. The van der Waals surface area contributed by atoms with E-state index in [1.807, 2.05) is 30.3 Å². The average molecular weight is 219 g/mol. The number of hydrogen-bond donors (Lipinski definition) is 0. The van der Waals surface area contributed by atoms with Crippen molar-refractivity contribution >= 4 is 6.09 Å². The van der Waals surface area contributed by atoms with Gasteiger partial charge in [-0.15, -0.1) is 0 Å². The number of ether oxygens (including phenoxy) is 2. The Bertz CT molecular complexity index is 393. The zero-order valence-electron chi connectivity index (χ0n) is 8.83. The van der Waals surface area contributed by atoms with E-state index in [0.29, 0.717) is 13.2 Å². The van der Waals surface area contributed by atoms with Crippen molar-refractivity contribution in [1.82, 2.24) is 4.90 Å². The predicted octanol–water partition coefficient (Wildman–Crippen LogP) is 1.41. The fraction of sp³-hybridized carbons (Fsp3) is 0.417. The highest BCUT2D eigenvalue weighted by Gasteiger charge is 2.53. The standard InChI is InChI=1S/C12H13NO3/c14-12-13-6-10(13)11(16-12)8-15-7-9-4-2-1-3-5-9/h1-5,10-11H,6-8H2/t10-,11+,13?/m0/s1. The van der Waals surface area contributed by atoms with Crippen LogP contribution in [0.3, 0.4) is 0 Å². The Labute approximate surface area is 93.8 Å². The molecule has 0 unspecified atom stereocenters. The Morgan fingerprint density at radius 1 is 1.38 bits per heavy atom. The Morgan fingerprint density at radius 2 is 2.19 bits per heavy atom. The molecule has 1 amide bonds. The van der Waals surface area contributed by atoms with Crippen molar-refractivity contribution < 1.29 is 14.3 Å². The molecular formula is C12H13NO3. The molecule has 2 fully saturated rings. The highest BCUT2D eigenvalue weighted by Crippen LogP contribution is 2.31. The molecule has 0 radical (unpaired) electrons. The molecule has 4 nitrogen and oxygen atoms in total. The van der Waals surface area contributed by atoms with Gasteiger partial charge in [0.1, 0.15) is 6.10 Å². The molecule has 2 heterocycles. The topological polar surface area (TPSA) is 38.5 Å². The molecule has 0 aliphatic carbocycles. The van der Waals surface area contributed by atoms with Crippen LogP contribution in [0.5, 0.6) is 0 Å². The lowest BCUT2D eigenvalue weighted by Gasteiger charge is -2.10. The molecule has 0 spiro atoms. The summed E-state index contributed by atoms with van der Waals surface area (Å²) in [7, 11) is 0. The van der Waals surface area contributed by atoms with Crippen LogP contribution in [0.2, 0.25) is 0 Å². The van der Waals surface area contributed by atoms with Crippen LogP contribution in [0.25, 0.3) is 0 Å². The highest BCUT2D eigenvalue weighted by molar-refractivity contribution is 5.74. The molecule has 2 saturated heterocycles. The van der Waals surface area contributed by atoms with E-state index in [9.17, 15) is 4.79 Å². The first-order chi connectivity index (χ1) is 7.84. The molecule has 0 bridgehead atoms. The SMILES string of the molecule is O=C1O[C@H](COCc2ccccc2)[C@@H]2CN12. The van der Waals surface area contributed by atoms with Gasteiger partial charge in [-0.05, 0) is 5.56 Å². The Hall–Kier alpha value is -1.55. The van der Waals surface area contributed by atoms with Crippen LogP contribution in [0.15, 0.2) is 30.3 Å². The summed E-state index contributed by atoms with van der Waals surface area (Å²) in [6.45, 7) is 1.89. The minimum atomic E-state index is -0.196. The lowest BCUT2D eigenvalue weighted by atomic mass is 10.2.